The van der Waals surface area contributed by atoms with Crippen molar-refractivity contribution in [3.8, 4) is 0 Å². The van der Waals surface area contributed by atoms with Gasteiger partial charge in [-0.3, -0.25) is 14.3 Å². The van der Waals surface area contributed by atoms with Crippen LogP contribution in [0.3, 0.4) is 0 Å². The van der Waals surface area contributed by atoms with Crippen LogP contribution in [0.15, 0.2) is 12.4 Å². The Bertz CT molecular complexity index is 545. The smallest absolute Gasteiger partial charge is 0.241 e. The number of carbonyl (C=O) groups is 2. The number of hydrogen-bond acceptors (Lipinski definition) is 4. The maximum absolute atomic E-state index is 11.9. The molecule has 0 unspecified atom stereocenters. The van der Waals surface area contributed by atoms with Gasteiger partial charge < -0.3 is 16.4 Å². The fourth-order valence-electron chi connectivity index (χ4n) is 2.50. The molecule has 2 saturated carbocycles. The van der Waals surface area contributed by atoms with Crippen LogP contribution in [-0.4, -0.2) is 33.2 Å². The summed E-state index contributed by atoms with van der Waals surface area (Å²) >= 11 is 0. The molecule has 1 aromatic heterocycles. The summed E-state index contributed by atoms with van der Waals surface area (Å²) < 4.78 is 1.52. The van der Waals surface area contributed by atoms with E-state index in [0.29, 0.717) is 18.2 Å². The molecule has 0 aromatic carbocycles. The van der Waals surface area contributed by atoms with E-state index in [-0.39, 0.29) is 23.9 Å². The second-order valence-electron chi connectivity index (χ2n) is 6.21. The van der Waals surface area contributed by atoms with Gasteiger partial charge >= 0.3 is 0 Å². The molecule has 114 valence electrons. The Morgan fingerprint density at radius 1 is 1.38 bits per heavy atom. The Morgan fingerprint density at radius 2 is 2.14 bits per heavy atom. The van der Waals surface area contributed by atoms with E-state index >= 15 is 0 Å². The third-order valence-corrected chi connectivity index (χ3v) is 4.03. The number of anilines is 1. The Hall–Kier alpha value is -1.89. The molecule has 0 saturated heterocycles. The molecular formula is C14H21N5O2. The van der Waals surface area contributed by atoms with E-state index in [9.17, 15) is 9.59 Å². The van der Waals surface area contributed by atoms with Crippen LogP contribution in [0.5, 0.6) is 0 Å². The van der Waals surface area contributed by atoms with Crippen LogP contribution in [0, 0.1) is 0 Å². The largest absolute Gasteiger partial charge is 0.352 e. The van der Waals surface area contributed by atoms with Crippen molar-refractivity contribution >= 4 is 17.5 Å². The molecule has 0 atom stereocenters. The van der Waals surface area contributed by atoms with Crippen molar-refractivity contribution in [2.45, 2.75) is 56.7 Å². The predicted octanol–water partition coefficient (Wildman–Crippen LogP) is 0.372. The van der Waals surface area contributed by atoms with Gasteiger partial charge in [-0.2, -0.15) is 5.10 Å². The van der Waals surface area contributed by atoms with Crippen molar-refractivity contribution in [1.29, 1.82) is 0 Å². The highest BCUT2D eigenvalue weighted by Crippen LogP contribution is 2.32. The maximum Gasteiger partial charge on any atom is 0.241 e. The van der Waals surface area contributed by atoms with Crippen molar-refractivity contribution < 1.29 is 9.59 Å². The van der Waals surface area contributed by atoms with E-state index in [4.69, 9.17) is 5.73 Å². The number of carbonyl (C=O) groups excluding carboxylic acids is 2. The molecule has 1 heterocycles. The van der Waals surface area contributed by atoms with E-state index in [2.05, 4.69) is 15.7 Å². The average Bonchev–Trinajstić information content (AvgIpc) is 3.07. The number of nitrogens with two attached hydrogens (primary N) is 1. The third-order valence-electron chi connectivity index (χ3n) is 4.03. The van der Waals surface area contributed by atoms with E-state index in [0.717, 1.165) is 32.1 Å². The lowest BCUT2D eigenvalue weighted by Crippen LogP contribution is -2.48. The minimum absolute atomic E-state index is 0.0474. The lowest BCUT2D eigenvalue weighted by Gasteiger charge is -2.37. The first-order chi connectivity index (χ1) is 10.0. The summed E-state index contributed by atoms with van der Waals surface area (Å²) in [6, 6.07) is 0.343. The summed E-state index contributed by atoms with van der Waals surface area (Å²) in [4.78, 5) is 23.6. The molecule has 0 radical (unpaired) electrons. The quantitative estimate of drug-likeness (QED) is 0.704. The van der Waals surface area contributed by atoms with Crippen molar-refractivity contribution in [1.82, 2.24) is 15.1 Å². The van der Waals surface area contributed by atoms with Gasteiger partial charge in [-0.05, 0) is 32.1 Å². The molecular weight excluding hydrogens is 270 g/mol. The summed E-state index contributed by atoms with van der Waals surface area (Å²) in [5.41, 5.74) is 6.32. The first-order valence-corrected chi connectivity index (χ1v) is 7.43. The molecule has 2 aliphatic rings. The summed E-state index contributed by atoms with van der Waals surface area (Å²) in [6.45, 7) is 0.174. The van der Waals surface area contributed by atoms with E-state index in [1.165, 1.54) is 4.68 Å². The second-order valence-corrected chi connectivity index (χ2v) is 6.21. The first-order valence-electron chi connectivity index (χ1n) is 7.43. The van der Waals surface area contributed by atoms with Gasteiger partial charge in [0.05, 0.1) is 11.9 Å². The van der Waals surface area contributed by atoms with Crippen LogP contribution < -0.4 is 16.4 Å². The zero-order valence-corrected chi connectivity index (χ0v) is 12.0. The Labute approximate surface area is 123 Å². The summed E-state index contributed by atoms with van der Waals surface area (Å²) in [5, 5.41) is 9.75. The lowest BCUT2D eigenvalue weighted by molar-refractivity contribution is -0.122. The van der Waals surface area contributed by atoms with Gasteiger partial charge in [0.25, 0.3) is 0 Å². The summed E-state index contributed by atoms with van der Waals surface area (Å²) in [6.07, 6.45) is 8.57. The van der Waals surface area contributed by atoms with Crippen molar-refractivity contribution in [3.05, 3.63) is 12.4 Å². The monoisotopic (exact) mass is 291 g/mol. The van der Waals surface area contributed by atoms with Crippen LogP contribution >= 0.6 is 0 Å². The maximum atomic E-state index is 11.9. The molecule has 21 heavy (non-hydrogen) atoms. The molecule has 7 nitrogen and oxygen atoms in total. The zero-order valence-electron chi connectivity index (χ0n) is 12.0. The van der Waals surface area contributed by atoms with Gasteiger partial charge in [0.15, 0.2) is 0 Å². The standard InChI is InChI=1S/C14H21N5O2/c15-14(4-1-5-14)6-12(20)18-11-7-16-19(8-11)9-13(21)17-10-2-3-10/h7-8,10H,1-6,9,15H2,(H,17,21)(H,18,20). The van der Waals surface area contributed by atoms with Gasteiger partial charge in [0.2, 0.25) is 11.8 Å². The molecule has 4 N–H and O–H groups in total. The number of nitrogens with zero attached hydrogens (tertiary/aromatic N) is 2. The first kappa shape index (κ1) is 14.1. The van der Waals surface area contributed by atoms with Crippen molar-refractivity contribution in [2.75, 3.05) is 5.32 Å². The Balaban J connectivity index is 1.47. The third kappa shape index (κ3) is 3.81. The van der Waals surface area contributed by atoms with Crippen LogP contribution in [0.4, 0.5) is 5.69 Å². The predicted molar refractivity (Wildman–Crippen MR) is 77.4 cm³/mol. The number of rotatable bonds is 6. The highest BCUT2D eigenvalue weighted by molar-refractivity contribution is 5.91. The molecule has 0 bridgehead atoms. The Morgan fingerprint density at radius 3 is 2.76 bits per heavy atom. The minimum Gasteiger partial charge on any atom is -0.352 e. The minimum atomic E-state index is -0.329. The number of nitrogens with one attached hydrogen (secondary N) is 2. The Kier molecular flexibility index (Phi) is 3.67. The van der Waals surface area contributed by atoms with Crippen LogP contribution in [-0.2, 0) is 16.1 Å². The second kappa shape index (κ2) is 5.48. The van der Waals surface area contributed by atoms with Gasteiger partial charge in [0, 0.05) is 24.2 Å². The molecule has 0 aliphatic heterocycles. The molecule has 2 fully saturated rings. The van der Waals surface area contributed by atoms with Gasteiger partial charge in [-0.1, -0.05) is 0 Å². The average molecular weight is 291 g/mol. The lowest BCUT2D eigenvalue weighted by atomic mass is 9.75. The topological polar surface area (TPSA) is 102 Å². The molecule has 2 amide bonds. The molecule has 3 rings (SSSR count). The highest BCUT2D eigenvalue weighted by atomic mass is 16.2. The highest BCUT2D eigenvalue weighted by Gasteiger charge is 2.34. The van der Waals surface area contributed by atoms with Crippen molar-refractivity contribution in [3.63, 3.8) is 0 Å². The summed E-state index contributed by atoms with van der Waals surface area (Å²) in [5.74, 6) is -0.145. The van der Waals surface area contributed by atoms with E-state index in [1.807, 2.05) is 0 Å². The molecule has 2 aliphatic carbocycles. The normalized spacial score (nSPS) is 19.7. The van der Waals surface area contributed by atoms with Crippen LogP contribution in [0.2, 0.25) is 0 Å². The van der Waals surface area contributed by atoms with Gasteiger partial charge in [-0.15, -0.1) is 0 Å². The number of hydrogen-bond donors (Lipinski definition) is 3. The molecule has 1 aromatic rings. The van der Waals surface area contributed by atoms with E-state index < -0.39 is 0 Å². The number of aromatic nitrogens is 2. The zero-order chi connectivity index (χ0) is 14.9. The molecule has 7 heteroatoms. The number of amides is 2. The SMILES string of the molecule is NC1(CC(=O)Nc2cnn(CC(=O)NC3CC3)c2)CCC1. The van der Waals surface area contributed by atoms with Crippen LogP contribution in [0.25, 0.3) is 0 Å². The fourth-order valence-corrected chi connectivity index (χ4v) is 2.50. The van der Waals surface area contributed by atoms with Gasteiger partial charge in [0.1, 0.15) is 6.54 Å². The van der Waals surface area contributed by atoms with E-state index in [1.54, 1.807) is 12.4 Å². The van der Waals surface area contributed by atoms with Crippen molar-refractivity contribution in [2.24, 2.45) is 5.73 Å². The van der Waals surface area contributed by atoms with Crippen LogP contribution in [0.1, 0.15) is 38.5 Å². The fraction of sp³-hybridized carbons (Fsp3) is 0.643. The summed E-state index contributed by atoms with van der Waals surface area (Å²) in [7, 11) is 0. The van der Waals surface area contributed by atoms with Gasteiger partial charge in [-0.25, -0.2) is 0 Å². The molecule has 0 spiro atoms.